The smallest absolute Gasteiger partial charge is 0.262 e. The van der Waals surface area contributed by atoms with Gasteiger partial charge in [-0.2, -0.15) is 4.68 Å². The van der Waals surface area contributed by atoms with E-state index in [9.17, 15) is 9.18 Å². The van der Waals surface area contributed by atoms with Crippen LogP contribution in [0, 0.1) is 12.4 Å². The second-order valence-corrected chi connectivity index (χ2v) is 8.43. The topological polar surface area (TPSA) is 103 Å². The van der Waals surface area contributed by atoms with E-state index in [1.165, 1.54) is 24.2 Å². The summed E-state index contributed by atoms with van der Waals surface area (Å²) in [6.07, 6.45) is 3.04. The number of morpholine rings is 1. The van der Waals surface area contributed by atoms with E-state index in [0.29, 0.717) is 44.2 Å². The highest BCUT2D eigenvalue weighted by atomic mass is 19.1. The number of pyridine rings is 1. The van der Waals surface area contributed by atoms with E-state index in [-0.39, 0.29) is 35.9 Å². The molecule has 0 saturated carbocycles. The van der Waals surface area contributed by atoms with Crippen LogP contribution in [0.3, 0.4) is 0 Å². The first kappa shape index (κ1) is 22.8. The highest BCUT2D eigenvalue weighted by molar-refractivity contribution is 5.79. The van der Waals surface area contributed by atoms with Crippen LogP contribution in [0.15, 0.2) is 36.8 Å². The lowest BCUT2D eigenvalue weighted by atomic mass is 10.0. The summed E-state index contributed by atoms with van der Waals surface area (Å²) in [6.45, 7) is 10.0. The van der Waals surface area contributed by atoms with Crippen LogP contribution in [0.4, 0.5) is 10.1 Å². The summed E-state index contributed by atoms with van der Waals surface area (Å²) < 4.78 is 27.1. The number of nitrogens with zero attached hydrogens (tertiary/aromatic N) is 8. The van der Waals surface area contributed by atoms with Crippen molar-refractivity contribution in [2.24, 2.45) is 0 Å². The Morgan fingerprint density at radius 3 is 2.91 bits per heavy atom. The number of carbonyl (C=O) groups is 1. The Balaban J connectivity index is 1.19. The number of methoxy groups -OCH3 is 1. The van der Waals surface area contributed by atoms with Crippen molar-refractivity contribution < 1.29 is 18.7 Å². The molecule has 2 fully saturated rings. The highest BCUT2D eigenvalue weighted by Crippen LogP contribution is 2.36. The quantitative estimate of drug-likeness (QED) is 0.510. The van der Waals surface area contributed by atoms with E-state index in [4.69, 9.17) is 16.0 Å². The Labute approximate surface area is 200 Å². The van der Waals surface area contributed by atoms with E-state index in [1.54, 1.807) is 18.3 Å². The van der Waals surface area contributed by atoms with E-state index >= 15 is 0 Å². The molecule has 2 aliphatic heterocycles. The maximum Gasteiger partial charge on any atom is 0.262 e. The van der Waals surface area contributed by atoms with Crippen LogP contribution in [0.1, 0.15) is 17.2 Å². The van der Waals surface area contributed by atoms with E-state index in [1.807, 2.05) is 11.0 Å². The number of piperazine rings is 1. The molecule has 0 unspecified atom stereocenters. The molecular weight excluding hydrogens is 455 g/mol. The maximum atomic E-state index is 14.4. The van der Waals surface area contributed by atoms with Crippen molar-refractivity contribution in [3.63, 3.8) is 0 Å². The molecule has 0 N–H and O–H groups in total. The third-order valence-corrected chi connectivity index (χ3v) is 6.35. The fourth-order valence-electron chi connectivity index (χ4n) is 4.47. The van der Waals surface area contributed by atoms with Gasteiger partial charge in [-0.05, 0) is 39.8 Å². The largest absolute Gasteiger partial charge is 0.508 e. The molecule has 12 heteroatoms. The van der Waals surface area contributed by atoms with Crippen molar-refractivity contribution in [2.75, 3.05) is 39.9 Å². The Morgan fingerprint density at radius 2 is 2.20 bits per heavy atom. The Bertz CT molecular complexity index is 1240. The third kappa shape index (κ3) is 4.68. The number of hydrogen-bond donors (Lipinski definition) is 0. The van der Waals surface area contributed by atoms with Crippen LogP contribution >= 0.6 is 0 Å². The molecule has 180 valence electrons. The third-order valence-electron chi connectivity index (χ3n) is 6.35. The number of ether oxygens (including phenoxy) is 2. The Morgan fingerprint density at radius 1 is 1.31 bits per heavy atom. The van der Waals surface area contributed by atoms with Gasteiger partial charge in [0.15, 0.2) is 5.82 Å². The highest BCUT2D eigenvalue weighted by Gasteiger charge is 2.36. The summed E-state index contributed by atoms with van der Waals surface area (Å²) in [5.41, 5.74) is 1.33. The zero-order valence-electron chi connectivity index (χ0n) is 19.0. The molecule has 2 saturated heterocycles. The van der Waals surface area contributed by atoms with Gasteiger partial charge < -0.3 is 14.4 Å². The summed E-state index contributed by atoms with van der Waals surface area (Å²) in [7, 11) is 1.42. The number of hydrogen-bond acceptors (Lipinski definition) is 8. The SMILES string of the molecule is [C-]#[N+]c1c(F)cc([C@@H]2CN3CCN(C(=O)Cc4ccc(-n5cnnn5)nc4)C[C@@H]3CO2)cc1OC. The van der Waals surface area contributed by atoms with Crippen molar-refractivity contribution in [2.45, 2.75) is 18.6 Å². The van der Waals surface area contributed by atoms with Gasteiger partial charge in [-0.1, -0.05) is 6.07 Å². The van der Waals surface area contributed by atoms with Gasteiger partial charge in [-0.15, -0.1) is 5.10 Å². The lowest BCUT2D eigenvalue weighted by Crippen LogP contribution is -2.59. The number of amides is 1. The molecule has 2 aliphatic rings. The normalized spacial score (nSPS) is 20.2. The van der Waals surface area contributed by atoms with Crippen molar-refractivity contribution in [3.8, 4) is 11.6 Å². The fraction of sp³-hybridized carbons (Fsp3) is 0.391. The average Bonchev–Trinajstić information content (AvgIpc) is 3.43. The molecular formula is C23H23FN8O3. The number of benzene rings is 1. The Hall–Kier alpha value is -3.95. The number of halogens is 1. The van der Waals surface area contributed by atoms with E-state index < -0.39 is 5.82 Å². The average molecular weight is 478 g/mol. The summed E-state index contributed by atoms with van der Waals surface area (Å²) in [5, 5.41) is 11.0. The summed E-state index contributed by atoms with van der Waals surface area (Å²) in [4.78, 5) is 24.6. The standard InChI is InChI=1S/C23H23FN8O3/c1-25-23-18(24)8-16(9-19(23)34-2)20-12-30-5-6-31(11-17(30)13-35-20)22(33)7-15-3-4-21(26-10-15)32-14-27-28-29-32/h3-4,8-10,14,17,20H,5-7,11-13H2,2H3/t17-,20+/m1/s1. The van der Waals surface area contributed by atoms with Crippen LogP contribution in [0.2, 0.25) is 0 Å². The van der Waals surface area contributed by atoms with Crippen LogP contribution in [0.5, 0.6) is 5.75 Å². The zero-order valence-corrected chi connectivity index (χ0v) is 19.0. The van der Waals surface area contributed by atoms with Gasteiger partial charge in [0.2, 0.25) is 5.91 Å². The molecule has 1 aromatic carbocycles. The minimum Gasteiger partial charge on any atom is -0.508 e. The number of tetrazole rings is 1. The van der Waals surface area contributed by atoms with Gasteiger partial charge in [0.05, 0.1) is 38.9 Å². The molecule has 3 aromatic rings. The number of fused-ring (bicyclic) bond motifs is 1. The molecule has 4 heterocycles. The first-order chi connectivity index (χ1) is 17.1. The molecule has 0 aliphatic carbocycles. The molecule has 2 atom stereocenters. The summed E-state index contributed by atoms with van der Waals surface area (Å²) >= 11 is 0. The summed E-state index contributed by atoms with van der Waals surface area (Å²) in [5.74, 6) is 0.202. The van der Waals surface area contributed by atoms with Crippen molar-refractivity contribution in [3.05, 3.63) is 65.2 Å². The van der Waals surface area contributed by atoms with E-state index in [2.05, 4.69) is 30.3 Å². The van der Waals surface area contributed by atoms with Gasteiger partial charge in [-0.25, -0.2) is 14.2 Å². The number of rotatable bonds is 5. The molecule has 5 rings (SSSR count). The van der Waals surface area contributed by atoms with Gasteiger partial charge in [-0.3, -0.25) is 9.69 Å². The Kier molecular flexibility index (Phi) is 6.35. The second-order valence-electron chi connectivity index (χ2n) is 8.43. The van der Waals surface area contributed by atoms with Crippen LogP contribution in [-0.2, 0) is 16.0 Å². The first-order valence-corrected chi connectivity index (χ1v) is 11.1. The fourth-order valence-corrected chi connectivity index (χ4v) is 4.47. The van der Waals surface area contributed by atoms with Crippen molar-refractivity contribution in [1.29, 1.82) is 0 Å². The predicted molar refractivity (Wildman–Crippen MR) is 121 cm³/mol. The second kappa shape index (κ2) is 9.73. The van der Waals surface area contributed by atoms with Gasteiger partial charge in [0.1, 0.15) is 17.9 Å². The first-order valence-electron chi connectivity index (χ1n) is 11.1. The summed E-state index contributed by atoms with van der Waals surface area (Å²) in [6, 6.07) is 6.70. The van der Waals surface area contributed by atoms with Crippen molar-refractivity contribution >= 4 is 11.6 Å². The monoisotopic (exact) mass is 478 g/mol. The lowest BCUT2D eigenvalue weighted by Gasteiger charge is -2.46. The zero-order chi connectivity index (χ0) is 24.4. The van der Waals surface area contributed by atoms with Gasteiger partial charge >= 0.3 is 0 Å². The van der Waals surface area contributed by atoms with Crippen LogP contribution in [0.25, 0.3) is 10.7 Å². The molecule has 0 bridgehead atoms. The number of carbonyl (C=O) groups excluding carboxylic acids is 1. The molecule has 0 spiro atoms. The molecule has 11 nitrogen and oxygen atoms in total. The lowest BCUT2D eigenvalue weighted by molar-refractivity contribution is -0.139. The minimum absolute atomic E-state index is 0.0327. The molecule has 35 heavy (non-hydrogen) atoms. The molecule has 1 amide bonds. The molecule has 0 radical (unpaired) electrons. The van der Waals surface area contributed by atoms with Crippen LogP contribution < -0.4 is 4.74 Å². The van der Waals surface area contributed by atoms with E-state index in [0.717, 1.165) is 5.56 Å². The molecule has 2 aromatic heterocycles. The van der Waals surface area contributed by atoms with Crippen LogP contribution in [-0.4, -0.2) is 86.8 Å². The van der Waals surface area contributed by atoms with Crippen molar-refractivity contribution in [1.82, 2.24) is 35.0 Å². The number of aromatic nitrogens is 5. The predicted octanol–water partition coefficient (Wildman–Crippen LogP) is 1.58. The maximum absolute atomic E-state index is 14.4. The van der Waals surface area contributed by atoms with Gasteiger partial charge in [0, 0.05) is 32.4 Å². The van der Waals surface area contributed by atoms with Gasteiger partial charge in [0.25, 0.3) is 5.69 Å². The minimum atomic E-state index is -0.615.